The van der Waals surface area contributed by atoms with Crippen LogP contribution >= 0.6 is 15.9 Å². The lowest BCUT2D eigenvalue weighted by Crippen LogP contribution is -2.05. The monoisotopic (exact) mass is 313 g/mol. The number of halogens is 3. The molecule has 0 unspecified atom stereocenters. The molecule has 2 aromatic rings. The number of hydrogen-bond acceptors (Lipinski definition) is 3. The van der Waals surface area contributed by atoms with Gasteiger partial charge in [-0.2, -0.15) is 0 Å². The SMILES string of the molecule is Cc1nccc(CNc2cc(Br)c(F)cc2F)n1. The molecule has 0 aliphatic heterocycles. The quantitative estimate of drug-likeness (QED) is 0.882. The first kappa shape index (κ1) is 12.9. The van der Waals surface area contributed by atoms with E-state index in [1.54, 1.807) is 19.2 Å². The van der Waals surface area contributed by atoms with Gasteiger partial charge in [0.05, 0.1) is 22.4 Å². The van der Waals surface area contributed by atoms with Gasteiger partial charge in [0.25, 0.3) is 0 Å². The number of nitrogens with one attached hydrogen (secondary N) is 1. The molecule has 0 aliphatic rings. The van der Waals surface area contributed by atoms with E-state index in [2.05, 4.69) is 31.2 Å². The highest BCUT2D eigenvalue weighted by atomic mass is 79.9. The Balaban J connectivity index is 2.13. The third-order valence-corrected chi connectivity index (χ3v) is 2.91. The van der Waals surface area contributed by atoms with E-state index in [1.807, 2.05) is 0 Å². The number of aryl methyl sites for hydroxylation is 1. The van der Waals surface area contributed by atoms with Crippen LogP contribution in [0.25, 0.3) is 0 Å². The fourth-order valence-corrected chi connectivity index (χ4v) is 1.79. The van der Waals surface area contributed by atoms with E-state index in [4.69, 9.17) is 0 Å². The zero-order valence-corrected chi connectivity index (χ0v) is 11.1. The van der Waals surface area contributed by atoms with Crippen molar-refractivity contribution in [2.45, 2.75) is 13.5 Å². The molecule has 94 valence electrons. The number of aromatic nitrogens is 2. The van der Waals surface area contributed by atoms with Crippen LogP contribution in [0.5, 0.6) is 0 Å². The second-order valence-electron chi connectivity index (χ2n) is 3.69. The largest absolute Gasteiger partial charge is 0.377 e. The maximum atomic E-state index is 13.5. The van der Waals surface area contributed by atoms with Gasteiger partial charge < -0.3 is 5.32 Å². The van der Waals surface area contributed by atoms with Gasteiger partial charge >= 0.3 is 0 Å². The van der Waals surface area contributed by atoms with Gasteiger partial charge in [0.2, 0.25) is 0 Å². The van der Waals surface area contributed by atoms with Crippen molar-refractivity contribution in [3.8, 4) is 0 Å². The average molecular weight is 314 g/mol. The normalized spacial score (nSPS) is 10.4. The van der Waals surface area contributed by atoms with Crippen molar-refractivity contribution >= 4 is 21.6 Å². The number of rotatable bonds is 3. The Morgan fingerprint density at radius 3 is 2.78 bits per heavy atom. The molecule has 0 atom stereocenters. The number of anilines is 1. The Morgan fingerprint density at radius 2 is 2.06 bits per heavy atom. The smallest absolute Gasteiger partial charge is 0.149 e. The predicted molar refractivity (Wildman–Crippen MR) is 68.2 cm³/mol. The number of nitrogens with zero attached hydrogens (tertiary/aromatic N) is 2. The van der Waals surface area contributed by atoms with Crippen molar-refractivity contribution in [3.05, 3.63) is 52.0 Å². The van der Waals surface area contributed by atoms with Crippen molar-refractivity contribution < 1.29 is 8.78 Å². The molecule has 3 nitrogen and oxygen atoms in total. The molecule has 1 aromatic carbocycles. The highest BCUT2D eigenvalue weighted by Crippen LogP contribution is 2.23. The lowest BCUT2D eigenvalue weighted by atomic mass is 10.3. The lowest BCUT2D eigenvalue weighted by Gasteiger charge is -2.08. The molecule has 0 fully saturated rings. The summed E-state index contributed by atoms with van der Waals surface area (Å²) in [6, 6.07) is 3.92. The molecule has 0 saturated heterocycles. The van der Waals surface area contributed by atoms with E-state index in [0.29, 0.717) is 12.4 Å². The summed E-state index contributed by atoms with van der Waals surface area (Å²) in [7, 11) is 0. The summed E-state index contributed by atoms with van der Waals surface area (Å²) in [5.41, 5.74) is 0.960. The van der Waals surface area contributed by atoms with E-state index in [9.17, 15) is 8.78 Å². The summed E-state index contributed by atoms with van der Waals surface area (Å²) in [5.74, 6) is -0.618. The molecule has 2 rings (SSSR count). The molecule has 6 heteroatoms. The summed E-state index contributed by atoms with van der Waals surface area (Å²) in [6.07, 6.45) is 1.64. The zero-order chi connectivity index (χ0) is 13.1. The standard InChI is InChI=1S/C12H10BrF2N3/c1-7-16-3-2-8(18-7)6-17-12-4-9(13)10(14)5-11(12)15/h2-5,17H,6H2,1H3. The number of benzene rings is 1. The fraction of sp³-hybridized carbons (Fsp3) is 0.167. The van der Waals surface area contributed by atoms with E-state index in [1.165, 1.54) is 6.07 Å². The maximum absolute atomic E-state index is 13.5. The minimum absolute atomic E-state index is 0.213. The average Bonchev–Trinajstić information content (AvgIpc) is 2.32. The van der Waals surface area contributed by atoms with Crippen LogP contribution in [0.4, 0.5) is 14.5 Å². The van der Waals surface area contributed by atoms with Crippen LogP contribution in [0.3, 0.4) is 0 Å². The summed E-state index contributed by atoms with van der Waals surface area (Å²) in [6.45, 7) is 2.12. The van der Waals surface area contributed by atoms with Crippen LogP contribution in [0.1, 0.15) is 11.5 Å². The van der Waals surface area contributed by atoms with Gasteiger partial charge in [-0.05, 0) is 35.0 Å². The first-order valence-corrected chi connectivity index (χ1v) is 6.02. The van der Waals surface area contributed by atoms with Gasteiger partial charge in [0.1, 0.15) is 17.5 Å². The van der Waals surface area contributed by atoms with Crippen molar-refractivity contribution in [1.82, 2.24) is 9.97 Å². The molecule has 0 radical (unpaired) electrons. The lowest BCUT2D eigenvalue weighted by molar-refractivity contribution is 0.580. The summed E-state index contributed by atoms with van der Waals surface area (Å²) in [5, 5.41) is 2.86. The summed E-state index contributed by atoms with van der Waals surface area (Å²) in [4.78, 5) is 8.14. The Hall–Kier alpha value is -1.56. The molecular formula is C12H10BrF2N3. The third kappa shape index (κ3) is 3.01. The maximum Gasteiger partial charge on any atom is 0.149 e. The van der Waals surface area contributed by atoms with Gasteiger partial charge in [-0.25, -0.2) is 18.7 Å². The van der Waals surface area contributed by atoms with Crippen molar-refractivity contribution in [1.29, 1.82) is 0 Å². The number of hydrogen-bond donors (Lipinski definition) is 1. The fourth-order valence-electron chi connectivity index (χ4n) is 1.45. The Morgan fingerprint density at radius 1 is 1.28 bits per heavy atom. The molecule has 0 bridgehead atoms. The summed E-state index contributed by atoms with van der Waals surface area (Å²) < 4.78 is 26.7. The Kier molecular flexibility index (Phi) is 3.86. The van der Waals surface area contributed by atoms with E-state index >= 15 is 0 Å². The zero-order valence-electron chi connectivity index (χ0n) is 9.54. The van der Waals surface area contributed by atoms with Crippen LogP contribution in [-0.2, 0) is 6.54 Å². The second kappa shape index (κ2) is 5.39. The van der Waals surface area contributed by atoms with Crippen molar-refractivity contribution in [2.24, 2.45) is 0 Å². The van der Waals surface area contributed by atoms with Gasteiger partial charge in [0.15, 0.2) is 0 Å². The molecular weight excluding hydrogens is 304 g/mol. The van der Waals surface area contributed by atoms with Crippen LogP contribution in [0.15, 0.2) is 28.9 Å². The topological polar surface area (TPSA) is 37.8 Å². The minimum atomic E-state index is -0.638. The van der Waals surface area contributed by atoms with Crippen LogP contribution in [0, 0.1) is 18.6 Å². The van der Waals surface area contributed by atoms with E-state index in [0.717, 1.165) is 11.8 Å². The summed E-state index contributed by atoms with van der Waals surface area (Å²) >= 11 is 3.01. The highest BCUT2D eigenvalue weighted by molar-refractivity contribution is 9.10. The molecule has 0 saturated carbocycles. The van der Waals surface area contributed by atoms with Crippen molar-refractivity contribution in [3.63, 3.8) is 0 Å². The van der Waals surface area contributed by atoms with Gasteiger partial charge in [-0.3, -0.25) is 0 Å². The van der Waals surface area contributed by atoms with E-state index < -0.39 is 11.6 Å². The van der Waals surface area contributed by atoms with Crippen LogP contribution in [0.2, 0.25) is 0 Å². The second-order valence-corrected chi connectivity index (χ2v) is 4.55. The van der Waals surface area contributed by atoms with Gasteiger partial charge in [-0.15, -0.1) is 0 Å². The molecule has 1 N–H and O–H groups in total. The minimum Gasteiger partial charge on any atom is -0.377 e. The van der Waals surface area contributed by atoms with Crippen LogP contribution < -0.4 is 5.32 Å². The first-order chi connectivity index (χ1) is 8.56. The predicted octanol–water partition coefficient (Wildman–Crippen LogP) is 3.44. The molecule has 1 heterocycles. The van der Waals surface area contributed by atoms with Crippen molar-refractivity contribution in [2.75, 3.05) is 5.32 Å². The molecule has 0 spiro atoms. The van der Waals surface area contributed by atoms with Crippen LogP contribution in [-0.4, -0.2) is 9.97 Å². The molecule has 1 aromatic heterocycles. The first-order valence-electron chi connectivity index (χ1n) is 5.23. The van der Waals surface area contributed by atoms with E-state index in [-0.39, 0.29) is 10.2 Å². The Bertz CT molecular complexity index is 575. The molecule has 18 heavy (non-hydrogen) atoms. The van der Waals surface area contributed by atoms with Gasteiger partial charge in [-0.1, -0.05) is 0 Å². The molecule has 0 amide bonds. The Labute approximate surface area is 111 Å². The third-order valence-electron chi connectivity index (χ3n) is 2.30. The molecule has 0 aliphatic carbocycles. The van der Waals surface area contributed by atoms with Gasteiger partial charge in [0, 0.05) is 12.3 Å². The highest BCUT2D eigenvalue weighted by Gasteiger charge is 2.08.